The molecular formula is C29H44O4. The first-order valence-electron chi connectivity index (χ1n) is 13.4. The molecular weight excluding hydrogens is 412 g/mol. The van der Waals surface area contributed by atoms with Gasteiger partial charge < -0.3 is 10.2 Å². The normalized spacial score (nSPS) is 54.1. The number of carbonyl (C=O) groups is 2. The number of aliphatic carboxylic acids is 1. The first-order chi connectivity index (χ1) is 15.2. The van der Waals surface area contributed by atoms with Crippen molar-refractivity contribution in [3.05, 3.63) is 11.1 Å². The lowest BCUT2D eigenvalue weighted by molar-refractivity contribution is -0.235. The van der Waals surface area contributed by atoms with Crippen molar-refractivity contribution in [2.24, 2.45) is 44.8 Å². The summed E-state index contributed by atoms with van der Waals surface area (Å²) in [5, 5.41) is 20.7. The largest absolute Gasteiger partial charge is 0.481 e. The zero-order valence-electron chi connectivity index (χ0n) is 21.6. The van der Waals surface area contributed by atoms with Crippen LogP contribution in [-0.4, -0.2) is 28.1 Å². The lowest BCUT2D eigenvalue weighted by atomic mass is 9.31. The Morgan fingerprint density at radius 3 is 2.18 bits per heavy atom. The Bertz CT molecular complexity index is 936. The smallest absolute Gasteiger partial charge is 0.309 e. The number of fused-ring (bicyclic) bond motifs is 7. The van der Waals surface area contributed by atoms with Crippen LogP contribution in [0.5, 0.6) is 0 Å². The molecule has 184 valence electrons. The van der Waals surface area contributed by atoms with Crippen LogP contribution in [0.2, 0.25) is 0 Å². The fourth-order valence-electron chi connectivity index (χ4n) is 10.3. The highest BCUT2D eigenvalue weighted by atomic mass is 16.4. The molecule has 0 aliphatic heterocycles. The third-order valence-electron chi connectivity index (χ3n) is 12.8. The maximum atomic E-state index is 12.5. The van der Waals surface area contributed by atoms with Gasteiger partial charge in [0.1, 0.15) is 6.10 Å². The molecule has 4 heteroatoms. The second-order valence-electron chi connectivity index (χ2n) is 14.0. The number of carbonyl (C=O) groups excluding carboxylic acids is 1. The molecule has 0 aromatic rings. The molecule has 0 aromatic carbocycles. The Morgan fingerprint density at radius 2 is 1.52 bits per heavy atom. The topological polar surface area (TPSA) is 74.6 Å². The molecule has 4 nitrogen and oxygen atoms in total. The minimum Gasteiger partial charge on any atom is -0.481 e. The Hall–Kier alpha value is -1.16. The molecule has 4 fully saturated rings. The zero-order chi connectivity index (χ0) is 24.2. The van der Waals surface area contributed by atoms with Gasteiger partial charge in [-0.15, -0.1) is 0 Å². The van der Waals surface area contributed by atoms with Gasteiger partial charge in [-0.25, -0.2) is 0 Å². The fraction of sp³-hybridized carbons (Fsp3) is 0.862. The van der Waals surface area contributed by atoms with Crippen molar-refractivity contribution in [3.63, 3.8) is 0 Å². The van der Waals surface area contributed by atoms with E-state index in [4.69, 9.17) is 0 Å². The average molecular weight is 457 g/mol. The van der Waals surface area contributed by atoms with E-state index in [1.54, 1.807) is 0 Å². The predicted octanol–water partition coefficient (Wildman–Crippen LogP) is 6.17. The summed E-state index contributed by atoms with van der Waals surface area (Å²) in [6.07, 6.45) is 9.11. The Balaban J connectivity index is 1.56. The van der Waals surface area contributed by atoms with E-state index in [0.717, 1.165) is 50.5 Å². The van der Waals surface area contributed by atoms with Crippen LogP contribution in [0.3, 0.4) is 0 Å². The van der Waals surface area contributed by atoms with Gasteiger partial charge >= 0.3 is 5.97 Å². The van der Waals surface area contributed by atoms with Crippen LogP contribution in [0.25, 0.3) is 0 Å². The summed E-state index contributed by atoms with van der Waals surface area (Å²) in [5.41, 5.74) is 2.17. The molecule has 0 aromatic heterocycles. The summed E-state index contributed by atoms with van der Waals surface area (Å²) in [6, 6.07) is 0. The quantitative estimate of drug-likeness (QED) is 0.495. The summed E-state index contributed by atoms with van der Waals surface area (Å²) in [4.78, 5) is 24.8. The number of ketones is 1. The van der Waals surface area contributed by atoms with E-state index in [-0.39, 0.29) is 27.4 Å². The summed E-state index contributed by atoms with van der Waals surface area (Å²) < 4.78 is 0. The summed E-state index contributed by atoms with van der Waals surface area (Å²) >= 11 is 0. The number of carboxylic acids is 1. The van der Waals surface area contributed by atoms with Crippen molar-refractivity contribution >= 4 is 11.8 Å². The molecule has 0 saturated heterocycles. The van der Waals surface area contributed by atoms with Crippen molar-refractivity contribution in [2.75, 3.05) is 0 Å². The number of aliphatic hydroxyl groups is 1. The van der Waals surface area contributed by atoms with E-state index in [1.807, 2.05) is 13.8 Å². The van der Waals surface area contributed by atoms with Crippen LogP contribution < -0.4 is 0 Å². The van der Waals surface area contributed by atoms with Gasteiger partial charge in [-0.2, -0.15) is 0 Å². The summed E-state index contributed by atoms with van der Waals surface area (Å²) in [5.74, 6) is 0.603. The summed E-state index contributed by atoms with van der Waals surface area (Å²) in [6.45, 7) is 13.9. The third-order valence-corrected chi connectivity index (χ3v) is 12.8. The second kappa shape index (κ2) is 6.95. The number of hydrogen-bond donors (Lipinski definition) is 2. The molecule has 4 saturated carbocycles. The van der Waals surface area contributed by atoms with Gasteiger partial charge in [0.2, 0.25) is 0 Å². The highest BCUT2D eigenvalue weighted by molar-refractivity contribution is 5.99. The summed E-state index contributed by atoms with van der Waals surface area (Å²) in [7, 11) is 0. The minimum absolute atomic E-state index is 0.0567. The number of aliphatic hydroxyl groups excluding tert-OH is 1. The second-order valence-corrected chi connectivity index (χ2v) is 14.0. The molecule has 5 rings (SSSR count). The van der Waals surface area contributed by atoms with Crippen LogP contribution >= 0.6 is 0 Å². The van der Waals surface area contributed by atoms with Gasteiger partial charge in [0.25, 0.3) is 0 Å². The zero-order valence-corrected chi connectivity index (χ0v) is 21.6. The predicted molar refractivity (Wildman–Crippen MR) is 129 cm³/mol. The molecule has 0 heterocycles. The van der Waals surface area contributed by atoms with Gasteiger partial charge in [0, 0.05) is 0 Å². The van der Waals surface area contributed by atoms with Crippen LogP contribution in [0, 0.1) is 44.8 Å². The van der Waals surface area contributed by atoms with Crippen molar-refractivity contribution in [1.29, 1.82) is 0 Å². The maximum Gasteiger partial charge on any atom is 0.309 e. The molecule has 5 aliphatic rings. The van der Waals surface area contributed by atoms with Crippen LogP contribution in [0.4, 0.5) is 0 Å². The van der Waals surface area contributed by atoms with E-state index in [1.165, 1.54) is 18.4 Å². The molecule has 9 atom stereocenters. The van der Waals surface area contributed by atoms with Crippen molar-refractivity contribution in [2.45, 2.75) is 112 Å². The Kier molecular flexibility index (Phi) is 4.97. The lowest BCUT2D eigenvalue weighted by Gasteiger charge is -2.73. The number of Topliss-reactive ketones (excluding diaryl/α,β-unsaturated/α-hetero) is 1. The molecule has 0 spiro atoms. The molecule has 5 aliphatic carbocycles. The fourth-order valence-corrected chi connectivity index (χ4v) is 10.3. The van der Waals surface area contributed by atoms with Crippen LogP contribution in [-0.2, 0) is 9.59 Å². The van der Waals surface area contributed by atoms with Crippen molar-refractivity contribution in [1.82, 2.24) is 0 Å². The Labute approximate surface area is 199 Å². The SMILES string of the molecule is CC1=C2CC[C@H]3[C@](C)(CC[C@@]4(C)[C@@H]5C[C@](C)(C(=O)O)CC[C@]5(C)CC[C@]34C)[C@@H]2C[C@H](O)C1=O. The van der Waals surface area contributed by atoms with Crippen LogP contribution in [0.1, 0.15) is 106 Å². The van der Waals surface area contributed by atoms with Gasteiger partial charge in [-0.3, -0.25) is 9.59 Å². The van der Waals surface area contributed by atoms with Crippen LogP contribution in [0.15, 0.2) is 11.1 Å². The monoisotopic (exact) mass is 456 g/mol. The van der Waals surface area contributed by atoms with Gasteiger partial charge in [-0.05, 0) is 123 Å². The lowest BCUT2D eigenvalue weighted by Crippen LogP contribution is -2.66. The molecule has 2 N–H and O–H groups in total. The van der Waals surface area contributed by atoms with E-state index < -0.39 is 17.5 Å². The van der Waals surface area contributed by atoms with E-state index in [0.29, 0.717) is 24.2 Å². The Morgan fingerprint density at radius 1 is 0.909 bits per heavy atom. The maximum absolute atomic E-state index is 12.5. The molecule has 0 radical (unpaired) electrons. The molecule has 0 unspecified atom stereocenters. The average Bonchev–Trinajstić information content (AvgIpc) is 2.75. The highest BCUT2D eigenvalue weighted by Crippen LogP contribution is 2.77. The first kappa shape index (κ1) is 23.6. The van der Waals surface area contributed by atoms with Crippen molar-refractivity contribution in [3.8, 4) is 0 Å². The first-order valence-corrected chi connectivity index (χ1v) is 13.4. The highest BCUT2D eigenvalue weighted by Gasteiger charge is 2.69. The van der Waals surface area contributed by atoms with Gasteiger partial charge in [0.15, 0.2) is 5.78 Å². The molecule has 33 heavy (non-hydrogen) atoms. The number of allylic oxidation sites excluding steroid dienone is 1. The number of hydrogen-bond acceptors (Lipinski definition) is 3. The van der Waals surface area contributed by atoms with E-state index in [2.05, 4.69) is 27.7 Å². The number of carboxylic acid groups (broad SMARTS) is 1. The third kappa shape index (κ3) is 2.85. The van der Waals surface area contributed by atoms with Crippen molar-refractivity contribution < 1.29 is 19.8 Å². The van der Waals surface area contributed by atoms with Gasteiger partial charge in [-0.1, -0.05) is 33.3 Å². The number of rotatable bonds is 1. The minimum atomic E-state index is -0.847. The van der Waals surface area contributed by atoms with E-state index >= 15 is 0 Å². The van der Waals surface area contributed by atoms with Gasteiger partial charge in [0.05, 0.1) is 5.41 Å². The standard InChI is InChI=1S/C29H44O4/c1-17-18-7-8-21-27(4,19(18)15-20(30)23(17)31)12-14-29(6)22-16-26(3,24(32)33)10-9-25(22,2)11-13-28(21,29)5/h19-22,30H,7-16H2,1-6H3,(H,32,33)/t19-,20+,21+,22-,25-,26-,27-,28-,29+/m1/s1. The van der Waals surface area contributed by atoms with E-state index in [9.17, 15) is 19.8 Å². The molecule has 0 amide bonds. The molecule has 0 bridgehead atoms.